The minimum Gasteiger partial charge on any atom is -0.497 e. The van der Waals surface area contributed by atoms with Gasteiger partial charge < -0.3 is 9.47 Å². The van der Waals surface area contributed by atoms with Crippen LogP contribution in [0.4, 0.5) is 0 Å². The zero-order valence-electron chi connectivity index (χ0n) is 10.1. The van der Waals surface area contributed by atoms with Gasteiger partial charge in [-0.3, -0.25) is 0 Å². The second-order valence-corrected chi connectivity index (χ2v) is 3.71. The molecule has 0 fully saturated rings. The van der Waals surface area contributed by atoms with E-state index in [1.165, 1.54) is 0 Å². The monoisotopic (exact) mass is 265 g/mol. The van der Waals surface area contributed by atoms with Crippen molar-refractivity contribution < 1.29 is 9.47 Å². The third-order valence-corrected chi connectivity index (χ3v) is 2.36. The Morgan fingerprint density at radius 1 is 1.22 bits per heavy atom. The van der Waals surface area contributed by atoms with Crippen LogP contribution < -0.4 is 9.47 Å². The van der Waals surface area contributed by atoms with Crippen LogP contribution in [0.2, 0.25) is 5.28 Å². The van der Waals surface area contributed by atoms with Gasteiger partial charge in [0.25, 0.3) is 0 Å². The Bertz CT molecular complexity index is 549. The van der Waals surface area contributed by atoms with Crippen LogP contribution in [0, 0.1) is 0 Å². The fourth-order valence-electron chi connectivity index (χ4n) is 1.42. The number of aromatic nitrogens is 3. The Labute approximate surface area is 110 Å². The van der Waals surface area contributed by atoms with Crippen LogP contribution in [-0.2, 0) is 0 Å². The first-order valence-corrected chi connectivity index (χ1v) is 5.79. The maximum absolute atomic E-state index is 5.84. The summed E-state index contributed by atoms with van der Waals surface area (Å²) < 4.78 is 10.4. The number of halogens is 1. The van der Waals surface area contributed by atoms with E-state index in [9.17, 15) is 0 Å². The van der Waals surface area contributed by atoms with Crippen molar-refractivity contribution in [1.29, 1.82) is 0 Å². The van der Waals surface area contributed by atoms with Crippen molar-refractivity contribution in [3.8, 4) is 23.1 Å². The summed E-state index contributed by atoms with van der Waals surface area (Å²) in [6.07, 6.45) is 0. The third-order valence-electron chi connectivity index (χ3n) is 2.19. The largest absolute Gasteiger partial charge is 0.497 e. The molecule has 0 saturated carbocycles. The smallest absolute Gasteiger partial charge is 0.321 e. The molecule has 0 spiro atoms. The molecule has 1 heterocycles. The summed E-state index contributed by atoms with van der Waals surface area (Å²) in [5.41, 5.74) is 0.791. The Hall–Kier alpha value is -1.88. The molecule has 2 aromatic rings. The molecule has 0 aliphatic rings. The van der Waals surface area contributed by atoms with Crippen molar-refractivity contribution in [3.63, 3.8) is 0 Å². The van der Waals surface area contributed by atoms with Crippen molar-refractivity contribution in [2.45, 2.75) is 6.92 Å². The van der Waals surface area contributed by atoms with E-state index in [0.29, 0.717) is 12.4 Å². The number of rotatable bonds is 4. The van der Waals surface area contributed by atoms with E-state index in [4.69, 9.17) is 21.1 Å². The molecule has 0 unspecified atom stereocenters. The number of methoxy groups -OCH3 is 1. The molecule has 0 atom stereocenters. The average Bonchev–Trinajstić information content (AvgIpc) is 2.38. The minimum atomic E-state index is 0.103. The molecule has 1 aromatic heterocycles. The van der Waals surface area contributed by atoms with E-state index in [0.717, 1.165) is 11.3 Å². The summed E-state index contributed by atoms with van der Waals surface area (Å²) in [4.78, 5) is 12.1. The molecule has 0 N–H and O–H groups in total. The second-order valence-electron chi connectivity index (χ2n) is 3.38. The first kappa shape index (κ1) is 12.6. The van der Waals surface area contributed by atoms with Crippen LogP contribution in [0.3, 0.4) is 0 Å². The van der Waals surface area contributed by atoms with Crippen molar-refractivity contribution in [1.82, 2.24) is 15.0 Å². The van der Waals surface area contributed by atoms with Gasteiger partial charge in [-0.2, -0.15) is 15.0 Å². The second kappa shape index (κ2) is 5.64. The van der Waals surface area contributed by atoms with Gasteiger partial charge in [-0.05, 0) is 30.7 Å². The third kappa shape index (κ3) is 2.87. The van der Waals surface area contributed by atoms with Crippen LogP contribution in [0.5, 0.6) is 11.8 Å². The fourth-order valence-corrected chi connectivity index (χ4v) is 1.57. The predicted octanol–water partition coefficient (Wildman–Crippen LogP) is 2.60. The van der Waals surface area contributed by atoms with Gasteiger partial charge in [0, 0.05) is 5.56 Å². The van der Waals surface area contributed by atoms with E-state index in [2.05, 4.69) is 15.0 Å². The summed E-state index contributed by atoms with van der Waals surface area (Å²) in [6.45, 7) is 2.32. The lowest BCUT2D eigenvalue weighted by Gasteiger charge is -2.05. The fraction of sp³-hybridized carbons (Fsp3) is 0.250. The summed E-state index contributed by atoms with van der Waals surface area (Å²) in [5.74, 6) is 1.18. The van der Waals surface area contributed by atoms with E-state index in [1.807, 2.05) is 31.2 Å². The molecule has 2 rings (SSSR count). The molecule has 0 amide bonds. The van der Waals surface area contributed by atoms with Gasteiger partial charge >= 0.3 is 6.01 Å². The highest BCUT2D eigenvalue weighted by atomic mass is 35.5. The van der Waals surface area contributed by atoms with Crippen molar-refractivity contribution in [2.24, 2.45) is 0 Å². The van der Waals surface area contributed by atoms with Gasteiger partial charge in [-0.1, -0.05) is 12.1 Å². The van der Waals surface area contributed by atoms with Gasteiger partial charge in [-0.15, -0.1) is 0 Å². The van der Waals surface area contributed by atoms with E-state index in [1.54, 1.807) is 7.11 Å². The molecule has 6 heteroatoms. The van der Waals surface area contributed by atoms with Crippen molar-refractivity contribution in [3.05, 3.63) is 29.5 Å². The quantitative estimate of drug-likeness (QED) is 0.850. The lowest BCUT2D eigenvalue weighted by molar-refractivity contribution is 0.312. The summed E-state index contributed by atoms with van der Waals surface area (Å²) in [7, 11) is 1.60. The van der Waals surface area contributed by atoms with Gasteiger partial charge in [-0.25, -0.2) is 0 Å². The zero-order valence-corrected chi connectivity index (χ0v) is 10.8. The van der Waals surface area contributed by atoms with Gasteiger partial charge in [0.2, 0.25) is 5.28 Å². The molecular formula is C12H12ClN3O2. The van der Waals surface area contributed by atoms with Crippen LogP contribution >= 0.6 is 11.6 Å². The van der Waals surface area contributed by atoms with Crippen LogP contribution in [0.15, 0.2) is 24.3 Å². The van der Waals surface area contributed by atoms with Crippen LogP contribution in [-0.4, -0.2) is 28.7 Å². The highest BCUT2D eigenvalue weighted by Crippen LogP contribution is 2.22. The SMILES string of the molecule is CCOc1nc(Cl)nc(-c2cccc(OC)c2)n1. The van der Waals surface area contributed by atoms with Gasteiger partial charge in [0.05, 0.1) is 13.7 Å². The Morgan fingerprint density at radius 2 is 2.06 bits per heavy atom. The zero-order chi connectivity index (χ0) is 13.0. The lowest BCUT2D eigenvalue weighted by Crippen LogP contribution is -2.01. The number of hydrogen-bond acceptors (Lipinski definition) is 5. The van der Waals surface area contributed by atoms with Gasteiger partial charge in [0.1, 0.15) is 5.75 Å². The van der Waals surface area contributed by atoms with E-state index in [-0.39, 0.29) is 11.3 Å². The first-order chi connectivity index (χ1) is 8.72. The van der Waals surface area contributed by atoms with E-state index < -0.39 is 0 Å². The standard InChI is InChI=1S/C12H12ClN3O2/c1-3-18-12-15-10(14-11(13)16-12)8-5-4-6-9(7-8)17-2/h4-7H,3H2,1-2H3. The number of hydrogen-bond donors (Lipinski definition) is 0. The molecule has 1 aromatic carbocycles. The number of ether oxygens (including phenoxy) is 2. The highest BCUT2D eigenvalue weighted by Gasteiger charge is 2.08. The molecule has 0 saturated heterocycles. The minimum absolute atomic E-state index is 0.103. The predicted molar refractivity (Wildman–Crippen MR) is 68.0 cm³/mol. The van der Waals surface area contributed by atoms with Crippen molar-refractivity contribution >= 4 is 11.6 Å². The number of benzene rings is 1. The molecule has 0 aliphatic carbocycles. The highest BCUT2D eigenvalue weighted by molar-refractivity contribution is 6.28. The van der Waals surface area contributed by atoms with E-state index >= 15 is 0 Å². The molecule has 18 heavy (non-hydrogen) atoms. The van der Waals surface area contributed by atoms with Crippen molar-refractivity contribution in [2.75, 3.05) is 13.7 Å². The number of nitrogens with zero attached hydrogens (tertiary/aromatic N) is 3. The Kier molecular flexibility index (Phi) is 3.94. The maximum Gasteiger partial charge on any atom is 0.321 e. The average molecular weight is 266 g/mol. The van der Waals surface area contributed by atoms with Gasteiger partial charge in [0.15, 0.2) is 5.82 Å². The normalized spacial score (nSPS) is 10.2. The Balaban J connectivity index is 2.42. The molecule has 0 radical (unpaired) electrons. The lowest BCUT2D eigenvalue weighted by atomic mass is 10.2. The van der Waals surface area contributed by atoms with Crippen LogP contribution in [0.25, 0.3) is 11.4 Å². The molecule has 94 valence electrons. The van der Waals surface area contributed by atoms with Crippen LogP contribution in [0.1, 0.15) is 6.92 Å². The summed E-state index contributed by atoms with van der Waals surface area (Å²) >= 11 is 5.84. The Morgan fingerprint density at radius 3 is 2.78 bits per heavy atom. The molecule has 0 aliphatic heterocycles. The molecule has 0 bridgehead atoms. The molecule has 5 nitrogen and oxygen atoms in total. The summed E-state index contributed by atoms with van der Waals surface area (Å²) in [5, 5.41) is 0.103. The molecular weight excluding hydrogens is 254 g/mol. The topological polar surface area (TPSA) is 57.1 Å². The summed E-state index contributed by atoms with van der Waals surface area (Å²) in [6, 6.07) is 7.60. The maximum atomic E-state index is 5.84. The first-order valence-electron chi connectivity index (χ1n) is 5.41.